The minimum absolute atomic E-state index is 0.0992. The predicted molar refractivity (Wildman–Crippen MR) is 77.8 cm³/mol. The molecule has 0 spiro atoms. The van der Waals surface area contributed by atoms with Crippen molar-refractivity contribution in [3.05, 3.63) is 23.4 Å². The molecule has 0 aromatic carbocycles. The van der Waals surface area contributed by atoms with Crippen molar-refractivity contribution < 1.29 is 0 Å². The van der Waals surface area contributed by atoms with E-state index in [1.807, 2.05) is 17.9 Å². The summed E-state index contributed by atoms with van der Waals surface area (Å²) in [5.41, 5.74) is 13.1. The third kappa shape index (κ3) is 2.28. The molecular formula is C13H16N8. The minimum atomic E-state index is 0.0992. The maximum absolute atomic E-state index is 9.35. The van der Waals surface area contributed by atoms with Crippen LogP contribution < -0.4 is 16.4 Å². The molecule has 1 aliphatic rings. The number of hydrogen-bond donors (Lipinski definition) is 2. The molecule has 0 radical (unpaired) electrons. The molecule has 4 N–H and O–H groups in total. The lowest BCUT2D eigenvalue weighted by Gasteiger charge is -2.14. The number of hydrogen-bond acceptors (Lipinski definition) is 7. The van der Waals surface area contributed by atoms with Gasteiger partial charge in [0.05, 0.1) is 5.69 Å². The molecule has 1 atom stereocenters. The van der Waals surface area contributed by atoms with Crippen molar-refractivity contribution >= 4 is 11.6 Å². The molecule has 21 heavy (non-hydrogen) atoms. The fourth-order valence-electron chi connectivity index (χ4n) is 2.41. The van der Waals surface area contributed by atoms with Gasteiger partial charge in [-0.2, -0.15) is 15.0 Å². The Labute approximate surface area is 122 Å². The molecule has 1 aliphatic heterocycles. The van der Waals surface area contributed by atoms with Crippen LogP contribution in [0.1, 0.15) is 17.7 Å². The first-order valence-electron chi connectivity index (χ1n) is 6.70. The van der Waals surface area contributed by atoms with E-state index in [0.717, 1.165) is 18.7 Å². The van der Waals surface area contributed by atoms with Gasteiger partial charge in [0.15, 0.2) is 11.6 Å². The summed E-state index contributed by atoms with van der Waals surface area (Å²) in [6.45, 7) is 3.29. The first-order chi connectivity index (χ1) is 10.1. The van der Waals surface area contributed by atoms with Gasteiger partial charge in [-0.3, -0.25) is 0 Å². The summed E-state index contributed by atoms with van der Waals surface area (Å²) >= 11 is 0. The molecule has 2 aromatic heterocycles. The first kappa shape index (κ1) is 13.3. The molecule has 0 aliphatic carbocycles. The van der Waals surface area contributed by atoms with Gasteiger partial charge in [0.25, 0.3) is 0 Å². The molecule has 0 bridgehead atoms. The lowest BCUT2D eigenvalue weighted by molar-refractivity contribution is 0.749. The minimum Gasteiger partial charge on any atom is -0.382 e. The normalized spacial score (nSPS) is 18.0. The molecule has 0 amide bonds. The lowest BCUT2D eigenvalue weighted by atomic mass is 10.3. The average Bonchev–Trinajstić information content (AvgIpc) is 3.03. The predicted octanol–water partition coefficient (Wildman–Crippen LogP) is -0.0380. The molecule has 1 fully saturated rings. The summed E-state index contributed by atoms with van der Waals surface area (Å²) in [7, 11) is 0. The number of aromatic nitrogens is 4. The molecule has 108 valence electrons. The molecule has 3 rings (SSSR count). The molecule has 2 aromatic rings. The number of nitrogens with zero attached hydrogens (tertiary/aromatic N) is 6. The summed E-state index contributed by atoms with van der Waals surface area (Å²) in [6.07, 6.45) is 0.877. The van der Waals surface area contributed by atoms with Crippen LogP contribution in [0.2, 0.25) is 0 Å². The number of nitrogens with two attached hydrogens (primary N) is 2. The van der Waals surface area contributed by atoms with Crippen LogP contribution in [0.3, 0.4) is 0 Å². The van der Waals surface area contributed by atoms with Crippen LogP contribution in [0.4, 0.5) is 11.6 Å². The molecular weight excluding hydrogens is 268 g/mol. The van der Waals surface area contributed by atoms with E-state index >= 15 is 0 Å². The molecule has 8 nitrogen and oxygen atoms in total. The Balaban J connectivity index is 2.05. The Hall–Kier alpha value is -2.66. The molecule has 1 saturated heterocycles. The number of nitrogen functional groups attached to an aromatic ring is 1. The third-order valence-corrected chi connectivity index (χ3v) is 3.54. The summed E-state index contributed by atoms with van der Waals surface area (Å²) < 4.78 is 1.45. The zero-order valence-corrected chi connectivity index (χ0v) is 11.7. The highest BCUT2D eigenvalue weighted by Gasteiger charge is 2.27. The zero-order valence-electron chi connectivity index (χ0n) is 11.7. The van der Waals surface area contributed by atoms with Crippen molar-refractivity contribution in [1.29, 1.82) is 5.26 Å². The summed E-state index contributed by atoms with van der Waals surface area (Å²) in [5, 5.41) is 21.8. The smallest absolute Gasteiger partial charge is 0.178 e. The number of aryl methyl sites for hydroxylation is 1. The van der Waals surface area contributed by atoms with Crippen molar-refractivity contribution in [3.63, 3.8) is 0 Å². The maximum atomic E-state index is 9.35. The van der Waals surface area contributed by atoms with Crippen LogP contribution in [0.15, 0.2) is 12.1 Å². The van der Waals surface area contributed by atoms with Gasteiger partial charge in [-0.25, -0.2) is 0 Å². The van der Waals surface area contributed by atoms with E-state index in [1.54, 1.807) is 6.07 Å². The van der Waals surface area contributed by atoms with Gasteiger partial charge >= 0.3 is 0 Å². The van der Waals surface area contributed by atoms with Crippen molar-refractivity contribution in [2.45, 2.75) is 19.4 Å². The summed E-state index contributed by atoms with van der Waals surface area (Å²) in [5.74, 6) is 1.32. The highest BCUT2D eigenvalue weighted by Crippen LogP contribution is 2.28. The Morgan fingerprint density at radius 3 is 2.76 bits per heavy atom. The van der Waals surface area contributed by atoms with Gasteiger partial charge in [0.2, 0.25) is 0 Å². The van der Waals surface area contributed by atoms with E-state index in [9.17, 15) is 5.26 Å². The Morgan fingerprint density at radius 1 is 1.38 bits per heavy atom. The fraction of sp³-hybridized carbons (Fsp3) is 0.385. The highest BCUT2D eigenvalue weighted by molar-refractivity contribution is 5.67. The largest absolute Gasteiger partial charge is 0.382 e. The SMILES string of the molecule is Cc1ccc(-n2nc(N3CCC(N)C3)c(C#N)c2N)nn1. The molecule has 3 heterocycles. The average molecular weight is 284 g/mol. The van der Waals surface area contributed by atoms with Crippen LogP contribution in [-0.4, -0.2) is 39.1 Å². The van der Waals surface area contributed by atoms with E-state index < -0.39 is 0 Å². The Morgan fingerprint density at radius 2 is 2.19 bits per heavy atom. The number of anilines is 2. The van der Waals surface area contributed by atoms with Gasteiger partial charge in [-0.05, 0) is 25.5 Å². The maximum Gasteiger partial charge on any atom is 0.178 e. The van der Waals surface area contributed by atoms with E-state index in [2.05, 4.69) is 21.4 Å². The van der Waals surface area contributed by atoms with Gasteiger partial charge < -0.3 is 16.4 Å². The molecule has 8 heteroatoms. The second kappa shape index (κ2) is 5.03. The Bertz CT molecular complexity index is 696. The van der Waals surface area contributed by atoms with Crippen molar-refractivity contribution in [1.82, 2.24) is 20.0 Å². The molecule has 0 saturated carbocycles. The van der Waals surface area contributed by atoms with Crippen LogP contribution in [0.5, 0.6) is 0 Å². The van der Waals surface area contributed by atoms with E-state index in [-0.39, 0.29) is 11.9 Å². The van der Waals surface area contributed by atoms with Gasteiger partial charge in [-0.15, -0.1) is 10.2 Å². The van der Waals surface area contributed by atoms with E-state index in [4.69, 9.17) is 11.5 Å². The van der Waals surface area contributed by atoms with Gasteiger partial charge in [-0.1, -0.05) is 0 Å². The number of rotatable bonds is 2. The van der Waals surface area contributed by atoms with Crippen molar-refractivity contribution in [2.24, 2.45) is 5.73 Å². The fourth-order valence-corrected chi connectivity index (χ4v) is 2.41. The van der Waals surface area contributed by atoms with Crippen molar-refractivity contribution in [3.8, 4) is 11.9 Å². The highest BCUT2D eigenvalue weighted by atomic mass is 15.4. The quantitative estimate of drug-likeness (QED) is 0.793. The second-order valence-corrected chi connectivity index (χ2v) is 5.14. The summed E-state index contributed by atoms with van der Waals surface area (Å²) in [6, 6.07) is 5.81. The Kier molecular flexibility index (Phi) is 3.19. The lowest BCUT2D eigenvalue weighted by Crippen LogP contribution is -2.27. The van der Waals surface area contributed by atoms with Crippen molar-refractivity contribution in [2.75, 3.05) is 23.7 Å². The monoisotopic (exact) mass is 284 g/mol. The zero-order chi connectivity index (χ0) is 15.0. The van der Waals surface area contributed by atoms with Crippen LogP contribution >= 0.6 is 0 Å². The van der Waals surface area contributed by atoms with Crippen LogP contribution in [-0.2, 0) is 0 Å². The van der Waals surface area contributed by atoms with Gasteiger partial charge in [0.1, 0.15) is 17.5 Å². The van der Waals surface area contributed by atoms with Crippen LogP contribution in [0, 0.1) is 18.3 Å². The standard InChI is InChI=1S/C13H16N8/c1-8-2-3-11(18-17-8)21-12(16)10(6-14)13(19-21)20-5-4-9(15)7-20/h2-3,9H,4-5,7,15-16H2,1H3. The summed E-state index contributed by atoms with van der Waals surface area (Å²) in [4.78, 5) is 1.98. The van der Waals surface area contributed by atoms with Gasteiger partial charge in [0, 0.05) is 19.1 Å². The van der Waals surface area contributed by atoms with E-state index in [1.165, 1.54) is 4.68 Å². The number of nitriles is 1. The van der Waals surface area contributed by atoms with E-state index in [0.29, 0.717) is 23.7 Å². The topological polar surface area (TPSA) is 123 Å². The van der Waals surface area contributed by atoms with Crippen LogP contribution in [0.25, 0.3) is 5.82 Å². The third-order valence-electron chi connectivity index (χ3n) is 3.54. The second-order valence-electron chi connectivity index (χ2n) is 5.14. The first-order valence-corrected chi connectivity index (χ1v) is 6.70. The molecule has 1 unspecified atom stereocenters.